The van der Waals surface area contributed by atoms with Crippen LogP contribution < -0.4 is 5.32 Å². The van der Waals surface area contributed by atoms with Crippen LogP contribution >= 0.6 is 11.3 Å². The number of hydrogen-bond acceptors (Lipinski definition) is 4. The molecule has 124 valence electrons. The summed E-state index contributed by atoms with van der Waals surface area (Å²) < 4.78 is 5.26. The molecule has 2 amide bonds. The van der Waals surface area contributed by atoms with Crippen LogP contribution in [0.25, 0.3) is 6.08 Å². The summed E-state index contributed by atoms with van der Waals surface area (Å²) in [7, 11) is 0. The van der Waals surface area contributed by atoms with E-state index < -0.39 is 0 Å². The molecule has 1 N–H and O–H groups in total. The van der Waals surface area contributed by atoms with E-state index in [9.17, 15) is 9.59 Å². The van der Waals surface area contributed by atoms with Crippen molar-refractivity contribution in [2.24, 2.45) is 0 Å². The Hall–Kier alpha value is -2.44. The number of rotatable bonds is 4. The predicted molar refractivity (Wildman–Crippen MR) is 95.1 cm³/mol. The highest BCUT2D eigenvalue weighted by Gasteiger charge is 2.18. The molecule has 3 rings (SSSR count). The average molecular weight is 342 g/mol. The van der Waals surface area contributed by atoms with Gasteiger partial charge in [0.05, 0.1) is 13.2 Å². The van der Waals surface area contributed by atoms with Crippen molar-refractivity contribution in [2.75, 3.05) is 31.6 Å². The molecule has 0 radical (unpaired) electrons. The van der Waals surface area contributed by atoms with Crippen LogP contribution in [-0.2, 0) is 9.53 Å². The number of nitrogens with one attached hydrogen (secondary N) is 1. The molecule has 0 spiro atoms. The highest BCUT2D eigenvalue weighted by molar-refractivity contribution is 7.10. The lowest BCUT2D eigenvalue weighted by molar-refractivity contribution is -0.111. The van der Waals surface area contributed by atoms with Gasteiger partial charge in [0, 0.05) is 35.3 Å². The van der Waals surface area contributed by atoms with Crippen LogP contribution in [0, 0.1) is 0 Å². The highest BCUT2D eigenvalue weighted by Crippen LogP contribution is 2.15. The molecule has 0 saturated carbocycles. The maximum absolute atomic E-state index is 12.5. The van der Waals surface area contributed by atoms with Gasteiger partial charge in [0.15, 0.2) is 0 Å². The number of benzene rings is 1. The summed E-state index contributed by atoms with van der Waals surface area (Å²) in [6.45, 7) is 2.32. The van der Waals surface area contributed by atoms with Gasteiger partial charge in [-0.3, -0.25) is 9.59 Å². The summed E-state index contributed by atoms with van der Waals surface area (Å²) in [5, 5.41) is 4.74. The van der Waals surface area contributed by atoms with Gasteiger partial charge in [-0.25, -0.2) is 0 Å². The fourth-order valence-electron chi connectivity index (χ4n) is 2.41. The van der Waals surface area contributed by atoms with Crippen LogP contribution in [0.4, 0.5) is 5.69 Å². The van der Waals surface area contributed by atoms with E-state index in [-0.39, 0.29) is 11.8 Å². The summed E-state index contributed by atoms with van der Waals surface area (Å²) >= 11 is 1.57. The Morgan fingerprint density at radius 2 is 2.00 bits per heavy atom. The van der Waals surface area contributed by atoms with Crippen molar-refractivity contribution >= 4 is 34.9 Å². The Balaban J connectivity index is 1.64. The van der Waals surface area contributed by atoms with Crippen molar-refractivity contribution in [2.45, 2.75) is 0 Å². The molecule has 1 saturated heterocycles. The largest absolute Gasteiger partial charge is 0.378 e. The van der Waals surface area contributed by atoms with E-state index in [0.717, 1.165) is 4.88 Å². The fraction of sp³-hybridized carbons (Fsp3) is 0.222. The molecule has 0 atom stereocenters. The van der Waals surface area contributed by atoms with Crippen LogP contribution in [0.15, 0.2) is 47.9 Å². The number of carbonyl (C=O) groups is 2. The molecule has 2 aromatic rings. The summed E-state index contributed by atoms with van der Waals surface area (Å²) in [6.07, 6.45) is 3.25. The smallest absolute Gasteiger partial charge is 0.254 e. The predicted octanol–water partition coefficient (Wildman–Crippen LogP) is 2.87. The first-order valence-electron chi connectivity index (χ1n) is 7.72. The number of thiophene rings is 1. The molecule has 24 heavy (non-hydrogen) atoms. The Morgan fingerprint density at radius 3 is 2.75 bits per heavy atom. The van der Waals surface area contributed by atoms with E-state index in [1.807, 2.05) is 17.5 Å². The van der Waals surface area contributed by atoms with Crippen molar-refractivity contribution in [1.82, 2.24) is 4.90 Å². The zero-order valence-electron chi connectivity index (χ0n) is 13.1. The van der Waals surface area contributed by atoms with Gasteiger partial charge < -0.3 is 15.0 Å². The first kappa shape index (κ1) is 16.4. The van der Waals surface area contributed by atoms with Gasteiger partial charge in [-0.2, -0.15) is 0 Å². The highest BCUT2D eigenvalue weighted by atomic mass is 32.1. The van der Waals surface area contributed by atoms with Gasteiger partial charge in [0.2, 0.25) is 5.91 Å². The normalized spacial score (nSPS) is 14.8. The maximum atomic E-state index is 12.5. The van der Waals surface area contributed by atoms with Gasteiger partial charge in [0.25, 0.3) is 5.91 Å². The molecule has 0 bridgehead atoms. The lowest BCUT2D eigenvalue weighted by atomic mass is 10.1. The molecule has 0 aliphatic carbocycles. The molecule has 1 aliphatic rings. The average Bonchev–Trinajstić information content (AvgIpc) is 3.14. The first-order chi connectivity index (χ1) is 11.7. The van der Waals surface area contributed by atoms with Gasteiger partial charge in [-0.1, -0.05) is 12.1 Å². The summed E-state index contributed by atoms with van der Waals surface area (Å²) in [5.41, 5.74) is 1.17. The number of hydrogen-bond donors (Lipinski definition) is 1. The SMILES string of the molecule is O=C(/C=C/c1cccs1)Nc1cccc(C(=O)N2CCOCC2)c1. The summed E-state index contributed by atoms with van der Waals surface area (Å²) in [5.74, 6) is -0.261. The number of anilines is 1. The number of nitrogens with zero attached hydrogens (tertiary/aromatic N) is 1. The van der Waals surface area contributed by atoms with E-state index in [2.05, 4.69) is 5.32 Å². The zero-order valence-corrected chi connectivity index (χ0v) is 13.9. The molecule has 1 aliphatic heterocycles. The van der Waals surface area contributed by atoms with E-state index in [4.69, 9.17) is 4.74 Å². The fourth-order valence-corrected chi connectivity index (χ4v) is 3.02. The van der Waals surface area contributed by atoms with Crippen molar-refractivity contribution in [3.63, 3.8) is 0 Å². The maximum Gasteiger partial charge on any atom is 0.254 e. The third kappa shape index (κ3) is 4.31. The summed E-state index contributed by atoms with van der Waals surface area (Å²) in [4.78, 5) is 27.2. The van der Waals surface area contributed by atoms with E-state index in [0.29, 0.717) is 37.6 Å². The molecule has 5 nitrogen and oxygen atoms in total. The minimum atomic E-state index is -0.223. The monoisotopic (exact) mass is 342 g/mol. The van der Waals surface area contributed by atoms with Crippen molar-refractivity contribution in [1.29, 1.82) is 0 Å². The second-order valence-corrected chi connectivity index (χ2v) is 6.30. The van der Waals surface area contributed by atoms with Crippen LogP contribution in [0.2, 0.25) is 0 Å². The second-order valence-electron chi connectivity index (χ2n) is 5.32. The summed E-state index contributed by atoms with van der Waals surface area (Å²) in [6, 6.07) is 10.9. The van der Waals surface area contributed by atoms with E-state index in [1.54, 1.807) is 46.6 Å². The Labute approximate surface area is 144 Å². The Kier molecular flexibility index (Phi) is 5.40. The number of amides is 2. The van der Waals surface area contributed by atoms with Crippen LogP contribution in [0.5, 0.6) is 0 Å². The molecule has 0 unspecified atom stereocenters. The molecule has 1 fully saturated rings. The van der Waals surface area contributed by atoms with Gasteiger partial charge >= 0.3 is 0 Å². The van der Waals surface area contributed by atoms with Crippen molar-refractivity contribution in [3.05, 3.63) is 58.3 Å². The second kappa shape index (κ2) is 7.90. The van der Waals surface area contributed by atoms with Crippen LogP contribution in [0.3, 0.4) is 0 Å². The number of ether oxygens (including phenoxy) is 1. The first-order valence-corrected chi connectivity index (χ1v) is 8.60. The lowest BCUT2D eigenvalue weighted by Gasteiger charge is -2.27. The van der Waals surface area contributed by atoms with Crippen molar-refractivity contribution < 1.29 is 14.3 Å². The molecule has 2 heterocycles. The molecular weight excluding hydrogens is 324 g/mol. The molecule has 1 aromatic carbocycles. The minimum Gasteiger partial charge on any atom is -0.378 e. The van der Waals surface area contributed by atoms with Gasteiger partial charge in [-0.15, -0.1) is 11.3 Å². The van der Waals surface area contributed by atoms with Gasteiger partial charge in [-0.05, 0) is 35.7 Å². The molecule has 6 heteroatoms. The van der Waals surface area contributed by atoms with Crippen molar-refractivity contribution in [3.8, 4) is 0 Å². The zero-order chi connectivity index (χ0) is 16.8. The van der Waals surface area contributed by atoms with E-state index >= 15 is 0 Å². The van der Waals surface area contributed by atoms with E-state index in [1.165, 1.54) is 6.08 Å². The standard InChI is InChI=1S/C18H18N2O3S/c21-17(7-6-16-5-2-12-24-16)19-15-4-1-3-14(13-15)18(22)20-8-10-23-11-9-20/h1-7,12-13H,8-11H2,(H,19,21)/b7-6+. The quantitative estimate of drug-likeness (QED) is 0.869. The third-order valence-electron chi connectivity index (χ3n) is 3.62. The number of carbonyl (C=O) groups excluding carboxylic acids is 2. The topological polar surface area (TPSA) is 58.6 Å². The van der Waals surface area contributed by atoms with Crippen LogP contribution in [-0.4, -0.2) is 43.0 Å². The molecular formula is C18H18N2O3S. The Morgan fingerprint density at radius 1 is 1.17 bits per heavy atom. The number of morpholine rings is 1. The van der Waals surface area contributed by atoms with Crippen LogP contribution in [0.1, 0.15) is 15.2 Å². The molecule has 1 aromatic heterocycles. The minimum absolute atomic E-state index is 0.0384. The Bertz CT molecular complexity index is 734. The lowest BCUT2D eigenvalue weighted by Crippen LogP contribution is -2.40. The van der Waals surface area contributed by atoms with Gasteiger partial charge in [0.1, 0.15) is 0 Å². The third-order valence-corrected chi connectivity index (χ3v) is 4.46.